The molecule has 0 spiro atoms. The third-order valence-corrected chi connectivity index (χ3v) is 2.49. The van der Waals surface area contributed by atoms with Gasteiger partial charge in [0.15, 0.2) is 0 Å². The average Bonchev–Trinajstić information content (AvgIpc) is 2.35. The zero-order chi connectivity index (χ0) is 12.7. The van der Waals surface area contributed by atoms with E-state index < -0.39 is 11.6 Å². The van der Waals surface area contributed by atoms with Crippen LogP contribution in [0.1, 0.15) is 19.4 Å². The molecule has 0 unspecified atom stereocenters. The molecule has 0 saturated carbocycles. The van der Waals surface area contributed by atoms with Crippen molar-refractivity contribution in [1.29, 1.82) is 0 Å². The molecule has 0 amide bonds. The molecule has 94 valence electrons. The second kappa shape index (κ2) is 6.37. The SMILES string of the molecule is CCOC[C@](OCC)(C(=O)O)c1ccccc1. The largest absolute Gasteiger partial charge is 0.479 e. The lowest BCUT2D eigenvalue weighted by atomic mass is 9.94. The summed E-state index contributed by atoms with van der Waals surface area (Å²) in [5.74, 6) is -1.03. The van der Waals surface area contributed by atoms with Crippen molar-refractivity contribution in [3.8, 4) is 0 Å². The second-order valence-electron chi connectivity index (χ2n) is 3.57. The van der Waals surface area contributed by atoms with Crippen LogP contribution in [0.5, 0.6) is 0 Å². The molecular weight excluding hydrogens is 220 g/mol. The molecule has 1 rings (SSSR count). The molecule has 1 atom stereocenters. The predicted molar refractivity (Wildman–Crippen MR) is 63.9 cm³/mol. The first-order chi connectivity index (χ1) is 8.17. The average molecular weight is 238 g/mol. The summed E-state index contributed by atoms with van der Waals surface area (Å²) < 4.78 is 10.7. The van der Waals surface area contributed by atoms with Crippen LogP contribution in [0.4, 0.5) is 0 Å². The Balaban J connectivity index is 3.10. The van der Waals surface area contributed by atoms with Gasteiger partial charge < -0.3 is 14.6 Å². The molecular formula is C13H18O4. The summed E-state index contributed by atoms with van der Waals surface area (Å²) in [5.41, 5.74) is -0.811. The fraction of sp³-hybridized carbons (Fsp3) is 0.462. The molecule has 0 radical (unpaired) electrons. The number of carbonyl (C=O) groups is 1. The van der Waals surface area contributed by atoms with Crippen LogP contribution in [-0.2, 0) is 19.9 Å². The zero-order valence-corrected chi connectivity index (χ0v) is 10.2. The van der Waals surface area contributed by atoms with Crippen LogP contribution in [0.15, 0.2) is 30.3 Å². The Morgan fingerprint density at radius 3 is 2.35 bits per heavy atom. The standard InChI is InChI=1S/C13H18O4/c1-3-16-10-13(12(14)15,17-4-2)11-8-6-5-7-9-11/h5-9H,3-4,10H2,1-2H3,(H,14,15)/t13-/m1/s1. The highest BCUT2D eigenvalue weighted by molar-refractivity contribution is 5.79. The maximum absolute atomic E-state index is 11.5. The first kappa shape index (κ1) is 13.7. The quantitative estimate of drug-likeness (QED) is 0.789. The minimum atomic E-state index is -1.41. The van der Waals surface area contributed by atoms with E-state index in [2.05, 4.69) is 0 Å². The normalized spacial score (nSPS) is 14.2. The highest BCUT2D eigenvalue weighted by Gasteiger charge is 2.41. The summed E-state index contributed by atoms with van der Waals surface area (Å²) in [6, 6.07) is 8.89. The Bertz CT molecular complexity index is 350. The van der Waals surface area contributed by atoms with E-state index in [4.69, 9.17) is 9.47 Å². The molecule has 17 heavy (non-hydrogen) atoms. The highest BCUT2D eigenvalue weighted by Crippen LogP contribution is 2.26. The van der Waals surface area contributed by atoms with Gasteiger partial charge >= 0.3 is 5.97 Å². The fourth-order valence-electron chi connectivity index (χ4n) is 1.65. The van der Waals surface area contributed by atoms with Crippen LogP contribution in [0.25, 0.3) is 0 Å². The number of aliphatic carboxylic acids is 1. The van der Waals surface area contributed by atoms with Gasteiger partial charge in [0.05, 0.1) is 6.61 Å². The highest BCUT2D eigenvalue weighted by atomic mass is 16.6. The number of ether oxygens (including phenoxy) is 2. The maximum atomic E-state index is 11.5. The van der Waals surface area contributed by atoms with E-state index in [1.165, 1.54) is 0 Å². The first-order valence-corrected chi connectivity index (χ1v) is 5.68. The Kier molecular flexibility index (Phi) is 5.12. The minimum Gasteiger partial charge on any atom is -0.479 e. The number of hydrogen-bond donors (Lipinski definition) is 1. The van der Waals surface area contributed by atoms with Crippen LogP contribution >= 0.6 is 0 Å². The van der Waals surface area contributed by atoms with E-state index >= 15 is 0 Å². The van der Waals surface area contributed by atoms with Crippen LogP contribution < -0.4 is 0 Å². The third kappa shape index (κ3) is 3.05. The van der Waals surface area contributed by atoms with Gasteiger partial charge in [0.1, 0.15) is 0 Å². The van der Waals surface area contributed by atoms with E-state index in [-0.39, 0.29) is 6.61 Å². The summed E-state index contributed by atoms with van der Waals surface area (Å²) >= 11 is 0. The van der Waals surface area contributed by atoms with E-state index in [0.29, 0.717) is 18.8 Å². The molecule has 0 aliphatic carbocycles. The predicted octanol–water partition coefficient (Wildman–Crippen LogP) is 2.04. The molecule has 4 nitrogen and oxygen atoms in total. The second-order valence-corrected chi connectivity index (χ2v) is 3.57. The molecule has 0 saturated heterocycles. The molecule has 0 bridgehead atoms. The van der Waals surface area contributed by atoms with E-state index in [9.17, 15) is 9.90 Å². The lowest BCUT2D eigenvalue weighted by Gasteiger charge is -2.29. The van der Waals surface area contributed by atoms with Crippen LogP contribution in [0, 0.1) is 0 Å². The van der Waals surface area contributed by atoms with Crippen molar-refractivity contribution in [3.05, 3.63) is 35.9 Å². The number of benzene rings is 1. The Hall–Kier alpha value is -1.39. The molecule has 1 aromatic carbocycles. The maximum Gasteiger partial charge on any atom is 0.343 e. The van der Waals surface area contributed by atoms with E-state index in [1.54, 1.807) is 31.2 Å². The van der Waals surface area contributed by atoms with E-state index in [0.717, 1.165) is 0 Å². The van der Waals surface area contributed by atoms with Gasteiger partial charge in [0.25, 0.3) is 0 Å². The van der Waals surface area contributed by atoms with Gasteiger partial charge in [-0.25, -0.2) is 4.79 Å². The van der Waals surface area contributed by atoms with Gasteiger partial charge in [-0.2, -0.15) is 0 Å². The molecule has 0 aromatic heterocycles. The van der Waals surface area contributed by atoms with Gasteiger partial charge in [0.2, 0.25) is 5.60 Å². The van der Waals surface area contributed by atoms with Crippen molar-refractivity contribution in [2.75, 3.05) is 19.8 Å². The summed E-state index contributed by atoms with van der Waals surface area (Å²) in [5, 5.41) is 9.43. The summed E-state index contributed by atoms with van der Waals surface area (Å²) in [4.78, 5) is 11.5. The van der Waals surface area contributed by atoms with Gasteiger partial charge in [-0.05, 0) is 19.4 Å². The molecule has 1 N–H and O–H groups in total. The third-order valence-electron chi connectivity index (χ3n) is 2.49. The summed E-state index contributed by atoms with van der Waals surface area (Å²) in [6.45, 7) is 4.37. The fourth-order valence-corrected chi connectivity index (χ4v) is 1.65. The summed E-state index contributed by atoms with van der Waals surface area (Å²) in [6.07, 6.45) is 0. The molecule has 0 heterocycles. The molecule has 0 aliphatic rings. The smallest absolute Gasteiger partial charge is 0.343 e. The lowest BCUT2D eigenvalue weighted by molar-refractivity contribution is -0.176. The van der Waals surface area contributed by atoms with Gasteiger partial charge in [0, 0.05) is 13.2 Å². The zero-order valence-electron chi connectivity index (χ0n) is 10.2. The number of carboxylic acids is 1. The Morgan fingerprint density at radius 2 is 1.88 bits per heavy atom. The van der Waals surface area contributed by atoms with Crippen molar-refractivity contribution < 1.29 is 19.4 Å². The molecule has 0 aliphatic heterocycles. The molecule has 0 fully saturated rings. The van der Waals surface area contributed by atoms with Crippen LogP contribution in [0.3, 0.4) is 0 Å². The summed E-state index contributed by atoms with van der Waals surface area (Å²) in [7, 11) is 0. The van der Waals surface area contributed by atoms with Gasteiger partial charge in [-0.1, -0.05) is 30.3 Å². The molecule has 1 aromatic rings. The minimum absolute atomic E-state index is 0.0106. The molecule has 4 heteroatoms. The van der Waals surface area contributed by atoms with Crippen molar-refractivity contribution in [2.45, 2.75) is 19.4 Å². The van der Waals surface area contributed by atoms with Gasteiger partial charge in [-0.3, -0.25) is 0 Å². The number of rotatable bonds is 7. The Morgan fingerprint density at radius 1 is 1.24 bits per heavy atom. The number of carboxylic acid groups (broad SMARTS) is 1. The van der Waals surface area contributed by atoms with E-state index in [1.807, 2.05) is 13.0 Å². The topological polar surface area (TPSA) is 55.8 Å². The van der Waals surface area contributed by atoms with Crippen LogP contribution in [0.2, 0.25) is 0 Å². The van der Waals surface area contributed by atoms with Crippen molar-refractivity contribution in [3.63, 3.8) is 0 Å². The lowest BCUT2D eigenvalue weighted by Crippen LogP contribution is -2.43. The van der Waals surface area contributed by atoms with Crippen molar-refractivity contribution in [2.24, 2.45) is 0 Å². The Labute approximate surface area is 101 Å². The van der Waals surface area contributed by atoms with Crippen molar-refractivity contribution in [1.82, 2.24) is 0 Å². The van der Waals surface area contributed by atoms with Crippen molar-refractivity contribution >= 4 is 5.97 Å². The van der Waals surface area contributed by atoms with Crippen LogP contribution in [-0.4, -0.2) is 30.9 Å². The monoisotopic (exact) mass is 238 g/mol. The first-order valence-electron chi connectivity index (χ1n) is 5.68. The number of hydrogen-bond acceptors (Lipinski definition) is 3. The van der Waals surface area contributed by atoms with Gasteiger partial charge in [-0.15, -0.1) is 0 Å².